The average Bonchev–Trinajstić information content (AvgIpc) is 2.80. The average molecular weight is 306 g/mol. The second-order valence-corrected chi connectivity index (χ2v) is 5.28. The molecule has 19 heavy (non-hydrogen) atoms. The molecule has 1 aromatic carbocycles. The van der Waals surface area contributed by atoms with Gasteiger partial charge in [-0.2, -0.15) is 13.2 Å². The SMILES string of the molecule is Cc1ccc(Cl)cc1C(=O)c1cnc(C(F)(F)F)s1. The van der Waals surface area contributed by atoms with Crippen LogP contribution in [-0.2, 0) is 6.18 Å². The summed E-state index contributed by atoms with van der Waals surface area (Å²) in [6.45, 7) is 1.69. The van der Waals surface area contributed by atoms with Crippen molar-refractivity contribution in [1.82, 2.24) is 4.98 Å². The van der Waals surface area contributed by atoms with E-state index in [4.69, 9.17) is 11.6 Å². The summed E-state index contributed by atoms with van der Waals surface area (Å²) in [5.41, 5.74) is 0.932. The van der Waals surface area contributed by atoms with E-state index in [0.29, 0.717) is 21.9 Å². The minimum Gasteiger partial charge on any atom is -0.288 e. The Morgan fingerprint density at radius 2 is 2.05 bits per heavy atom. The number of alkyl halides is 3. The molecular formula is C12H7ClF3NOS. The number of halogens is 4. The van der Waals surface area contributed by atoms with E-state index in [9.17, 15) is 18.0 Å². The Hall–Kier alpha value is -1.40. The second-order valence-electron chi connectivity index (χ2n) is 3.82. The quantitative estimate of drug-likeness (QED) is 0.772. The predicted molar refractivity (Wildman–Crippen MR) is 66.7 cm³/mol. The number of hydrogen-bond acceptors (Lipinski definition) is 3. The number of thiazole rings is 1. The first-order valence-corrected chi connectivity index (χ1v) is 6.32. The van der Waals surface area contributed by atoms with Crippen molar-refractivity contribution in [3.8, 4) is 0 Å². The molecule has 1 heterocycles. The Balaban J connectivity index is 2.39. The summed E-state index contributed by atoms with van der Waals surface area (Å²) in [5, 5.41) is -0.676. The van der Waals surface area contributed by atoms with Gasteiger partial charge in [0, 0.05) is 16.8 Å². The molecule has 2 nitrogen and oxygen atoms in total. The van der Waals surface area contributed by atoms with E-state index < -0.39 is 17.0 Å². The standard InChI is InChI=1S/C12H7ClF3NOS/c1-6-2-3-7(13)4-8(6)10(18)9-5-17-11(19-9)12(14,15)16/h2-5H,1H3. The highest BCUT2D eigenvalue weighted by atomic mass is 35.5. The Bertz CT molecular complexity index is 636. The highest BCUT2D eigenvalue weighted by molar-refractivity contribution is 7.14. The van der Waals surface area contributed by atoms with E-state index in [2.05, 4.69) is 4.98 Å². The molecule has 0 saturated carbocycles. The van der Waals surface area contributed by atoms with Crippen LogP contribution in [0.15, 0.2) is 24.4 Å². The molecule has 2 aromatic rings. The van der Waals surface area contributed by atoms with E-state index >= 15 is 0 Å². The molecule has 2 rings (SSSR count). The summed E-state index contributed by atoms with van der Waals surface area (Å²) in [4.78, 5) is 15.3. The van der Waals surface area contributed by atoms with Crippen LogP contribution in [0.3, 0.4) is 0 Å². The fourth-order valence-electron chi connectivity index (χ4n) is 1.48. The molecule has 0 spiro atoms. The van der Waals surface area contributed by atoms with Crippen LogP contribution in [-0.4, -0.2) is 10.8 Å². The largest absolute Gasteiger partial charge is 0.443 e. The predicted octanol–water partition coefficient (Wildman–Crippen LogP) is 4.35. The van der Waals surface area contributed by atoms with Gasteiger partial charge in [0.05, 0.1) is 4.88 Å². The van der Waals surface area contributed by atoms with Gasteiger partial charge in [0.25, 0.3) is 0 Å². The van der Waals surface area contributed by atoms with Crippen LogP contribution in [0.5, 0.6) is 0 Å². The summed E-state index contributed by atoms with van der Waals surface area (Å²) in [7, 11) is 0. The van der Waals surface area contributed by atoms with Gasteiger partial charge in [0.15, 0.2) is 5.01 Å². The maximum absolute atomic E-state index is 12.4. The van der Waals surface area contributed by atoms with Crippen LogP contribution in [0.1, 0.15) is 25.8 Å². The van der Waals surface area contributed by atoms with Gasteiger partial charge in [-0.25, -0.2) is 4.98 Å². The molecule has 0 aliphatic rings. The molecule has 0 atom stereocenters. The number of rotatable bonds is 2. The van der Waals surface area contributed by atoms with Crippen LogP contribution in [0, 0.1) is 6.92 Å². The number of carbonyl (C=O) groups excluding carboxylic acids is 1. The zero-order valence-corrected chi connectivity index (χ0v) is 11.2. The van der Waals surface area contributed by atoms with Crippen molar-refractivity contribution in [2.24, 2.45) is 0 Å². The summed E-state index contributed by atoms with van der Waals surface area (Å²) >= 11 is 6.11. The first-order valence-electron chi connectivity index (χ1n) is 5.13. The summed E-state index contributed by atoms with van der Waals surface area (Å²) < 4.78 is 37.3. The third-order valence-corrected chi connectivity index (χ3v) is 3.69. The molecule has 7 heteroatoms. The van der Waals surface area contributed by atoms with E-state index in [1.54, 1.807) is 19.1 Å². The monoisotopic (exact) mass is 305 g/mol. The van der Waals surface area contributed by atoms with E-state index in [1.165, 1.54) is 6.07 Å². The summed E-state index contributed by atoms with van der Waals surface area (Å²) in [5.74, 6) is -0.506. The molecule has 1 aromatic heterocycles. The first-order chi connectivity index (χ1) is 8.79. The lowest BCUT2D eigenvalue weighted by molar-refractivity contribution is -0.137. The zero-order valence-electron chi connectivity index (χ0n) is 9.58. The number of ketones is 1. The van der Waals surface area contributed by atoms with Gasteiger partial charge in [0.2, 0.25) is 5.78 Å². The van der Waals surface area contributed by atoms with Gasteiger partial charge in [0.1, 0.15) is 0 Å². The van der Waals surface area contributed by atoms with Crippen molar-refractivity contribution in [1.29, 1.82) is 0 Å². The van der Waals surface area contributed by atoms with Crippen LogP contribution in [0.4, 0.5) is 13.2 Å². The summed E-state index contributed by atoms with van der Waals surface area (Å²) in [6, 6.07) is 4.69. The van der Waals surface area contributed by atoms with Crippen molar-refractivity contribution in [2.75, 3.05) is 0 Å². The number of hydrogen-bond donors (Lipinski definition) is 0. The van der Waals surface area contributed by atoms with Gasteiger partial charge >= 0.3 is 6.18 Å². The van der Waals surface area contributed by atoms with Crippen molar-refractivity contribution in [3.05, 3.63) is 50.4 Å². The van der Waals surface area contributed by atoms with Crippen molar-refractivity contribution in [2.45, 2.75) is 13.1 Å². The van der Waals surface area contributed by atoms with Crippen LogP contribution in [0.2, 0.25) is 5.02 Å². The third kappa shape index (κ3) is 2.96. The minimum atomic E-state index is -4.54. The second kappa shape index (κ2) is 4.94. The molecule has 0 bridgehead atoms. The van der Waals surface area contributed by atoms with Crippen molar-refractivity contribution >= 4 is 28.7 Å². The molecule has 100 valence electrons. The molecule has 0 unspecified atom stereocenters. The van der Waals surface area contributed by atoms with Gasteiger partial charge in [-0.15, -0.1) is 11.3 Å². The highest BCUT2D eigenvalue weighted by Gasteiger charge is 2.35. The van der Waals surface area contributed by atoms with Gasteiger partial charge in [-0.1, -0.05) is 17.7 Å². The number of nitrogens with zero attached hydrogens (tertiary/aromatic N) is 1. The Kier molecular flexibility index (Phi) is 3.64. The molecule has 0 radical (unpaired) electrons. The van der Waals surface area contributed by atoms with E-state index in [1.807, 2.05) is 0 Å². The first kappa shape index (κ1) is 14.0. The van der Waals surface area contributed by atoms with Crippen LogP contribution in [0.25, 0.3) is 0 Å². The molecule has 0 aliphatic carbocycles. The van der Waals surface area contributed by atoms with Gasteiger partial charge in [-0.05, 0) is 24.6 Å². The van der Waals surface area contributed by atoms with E-state index in [-0.39, 0.29) is 10.4 Å². The maximum Gasteiger partial charge on any atom is 0.443 e. The zero-order chi connectivity index (χ0) is 14.2. The minimum absolute atomic E-state index is 0.0577. The molecule has 0 N–H and O–H groups in total. The number of carbonyl (C=O) groups is 1. The van der Waals surface area contributed by atoms with E-state index in [0.717, 1.165) is 6.20 Å². The molecule has 0 aliphatic heterocycles. The Morgan fingerprint density at radius 3 is 2.63 bits per heavy atom. The van der Waals surface area contributed by atoms with Gasteiger partial charge < -0.3 is 0 Å². The lowest BCUT2D eigenvalue weighted by Gasteiger charge is -2.03. The normalized spacial score (nSPS) is 11.6. The van der Waals surface area contributed by atoms with Gasteiger partial charge in [-0.3, -0.25) is 4.79 Å². The number of aromatic nitrogens is 1. The Labute approximate surface area is 115 Å². The molecular weight excluding hydrogens is 299 g/mol. The lowest BCUT2D eigenvalue weighted by atomic mass is 10.0. The smallest absolute Gasteiger partial charge is 0.288 e. The fourth-order valence-corrected chi connectivity index (χ4v) is 2.39. The Morgan fingerprint density at radius 1 is 1.37 bits per heavy atom. The third-order valence-electron chi connectivity index (χ3n) is 2.42. The van der Waals surface area contributed by atoms with Crippen LogP contribution >= 0.6 is 22.9 Å². The molecule has 0 amide bonds. The van der Waals surface area contributed by atoms with Crippen LogP contribution < -0.4 is 0 Å². The number of aryl methyl sites for hydroxylation is 1. The lowest BCUT2D eigenvalue weighted by Crippen LogP contribution is -2.03. The fraction of sp³-hybridized carbons (Fsp3) is 0.167. The van der Waals surface area contributed by atoms with Crippen molar-refractivity contribution in [3.63, 3.8) is 0 Å². The topological polar surface area (TPSA) is 30.0 Å². The molecule has 0 saturated heterocycles. The highest BCUT2D eigenvalue weighted by Crippen LogP contribution is 2.33. The maximum atomic E-state index is 12.4. The summed E-state index contributed by atoms with van der Waals surface area (Å²) in [6.07, 6.45) is -3.59. The van der Waals surface area contributed by atoms with Crippen molar-refractivity contribution < 1.29 is 18.0 Å². The number of benzene rings is 1. The molecule has 0 fully saturated rings.